The fourth-order valence-electron chi connectivity index (χ4n) is 2.95. The molecule has 4 heteroatoms. The molecule has 0 spiro atoms. The van der Waals surface area contributed by atoms with Crippen molar-refractivity contribution in [2.45, 2.75) is 38.5 Å². The Hall–Kier alpha value is -0.730. The first-order valence-corrected chi connectivity index (χ1v) is 7.45. The van der Waals surface area contributed by atoms with Gasteiger partial charge in [-0.3, -0.25) is 4.79 Å². The molecule has 1 fully saturated rings. The molecule has 1 aliphatic rings. The van der Waals surface area contributed by atoms with Crippen molar-refractivity contribution in [2.75, 3.05) is 13.1 Å². The van der Waals surface area contributed by atoms with Crippen LogP contribution in [-0.4, -0.2) is 23.9 Å². The van der Waals surface area contributed by atoms with Crippen LogP contribution in [0.1, 0.15) is 38.7 Å². The zero-order valence-electron chi connectivity index (χ0n) is 11.4. The maximum atomic E-state index is 11.6. The second-order valence-electron chi connectivity index (χ2n) is 5.31. The van der Waals surface area contributed by atoms with E-state index in [2.05, 4.69) is 6.92 Å². The van der Waals surface area contributed by atoms with Gasteiger partial charge in [0.15, 0.2) is 0 Å². The van der Waals surface area contributed by atoms with Gasteiger partial charge in [-0.1, -0.05) is 36.2 Å². The first-order chi connectivity index (χ1) is 8.98. The second-order valence-corrected chi connectivity index (χ2v) is 6.12. The lowest BCUT2D eigenvalue weighted by Crippen LogP contribution is -2.47. The highest BCUT2D eigenvalue weighted by Gasteiger charge is 2.36. The van der Waals surface area contributed by atoms with Crippen LogP contribution in [0, 0.1) is 0 Å². The molecule has 0 N–H and O–H groups in total. The summed E-state index contributed by atoms with van der Waals surface area (Å²) in [5.74, 6) is 0.151. The van der Waals surface area contributed by atoms with Crippen molar-refractivity contribution < 1.29 is 4.79 Å². The molecule has 1 aromatic carbocycles. The summed E-state index contributed by atoms with van der Waals surface area (Å²) in [4.78, 5) is 13.6. The van der Waals surface area contributed by atoms with Crippen LogP contribution in [0.3, 0.4) is 0 Å². The number of hydrogen-bond acceptors (Lipinski definition) is 1. The van der Waals surface area contributed by atoms with E-state index in [1.54, 1.807) is 6.92 Å². The summed E-state index contributed by atoms with van der Waals surface area (Å²) in [5.41, 5.74) is 1.20. The Bertz CT molecular complexity index is 489. The van der Waals surface area contributed by atoms with Crippen LogP contribution < -0.4 is 0 Å². The van der Waals surface area contributed by atoms with E-state index < -0.39 is 0 Å². The molecule has 1 unspecified atom stereocenters. The first-order valence-electron chi connectivity index (χ1n) is 6.69. The minimum absolute atomic E-state index is 0.0121. The van der Waals surface area contributed by atoms with Crippen molar-refractivity contribution >= 4 is 29.1 Å². The molecule has 1 aromatic rings. The molecule has 0 bridgehead atoms. The highest BCUT2D eigenvalue weighted by atomic mass is 35.5. The number of likely N-dealkylation sites (tertiary alicyclic amines) is 1. The molecule has 1 saturated heterocycles. The number of carbonyl (C=O) groups is 1. The highest BCUT2D eigenvalue weighted by Crippen LogP contribution is 2.39. The number of halogens is 2. The fraction of sp³-hybridized carbons (Fsp3) is 0.533. The zero-order valence-corrected chi connectivity index (χ0v) is 12.9. The van der Waals surface area contributed by atoms with E-state index in [4.69, 9.17) is 23.2 Å². The summed E-state index contributed by atoms with van der Waals surface area (Å²) in [7, 11) is 0. The summed E-state index contributed by atoms with van der Waals surface area (Å²) in [6.45, 7) is 5.45. The van der Waals surface area contributed by atoms with Crippen LogP contribution in [-0.2, 0) is 10.2 Å². The molecule has 1 atom stereocenters. The number of piperidine rings is 1. The minimum atomic E-state index is 0.0121. The maximum absolute atomic E-state index is 11.6. The number of nitrogens with zero attached hydrogens (tertiary/aromatic N) is 1. The molecule has 0 radical (unpaired) electrons. The quantitative estimate of drug-likeness (QED) is 0.798. The van der Waals surface area contributed by atoms with Gasteiger partial charge in [0.1, 0.15) is 0 Å². The summed E-state index contributed by atoms with van der Waals surface area (Å²) in [6, 6.07) is 5.85. The Balaban J connectivity index is 2.36. The molecule has 2 rings (SSSR count). The summed E-state index contributed by atoms with van der Waals surface area (Å²) in [6.07, 6.45) is 3.12. The van der Waals surface area contributed by atoms with Gasteiger partial charge in [0.05, 0.1) is 10.0 Å². The van der Waals surface area contributed by atoms with Crippen LogP contribution in [0.2, 0.25) is 10.0 Å². The van der Waals surface area contributed by atoms with Crippen molar-refractivity contribution in [1.29, 1.82) is 0 Å². The van der Waals surface area contributed by atoms with Crippen LogP contribution in [0.4, 0.5) is 0 Å². The molecule has 104 valence electrons. The van der Waals surface area contributed by atoms with Crippen molar-refractivity contribution in [3.63, 3.8) is 0 Å². The molecule has 19 heavy (non-hydrogen) atoms. The van der Waals surface area contributed by atoms with Crippen LogP contribution >= 0.6 is 23.2 Å². The van der Waals surface area contributed by atoms with Crippen LogP contribution in [0.15, 0.2) is 18.2 Å². The molecule has 1 aliphatic heterocycles. The van der Waals surface area contributed by atoms with Gasteiger partial charge in [0.25, 0.3) is 0 Å². The molecule has 0 aliphatic carbocycles. The smallest absolute Gasteiger partial charge is 0.219 e. The lowest BCUT2D eigenvalue weighted by Gasteiger charge is -2.42. The van der Waals surface area contributed by atoms with Gasteiger partial charge < -0.3 is 4.90 Å². The van der Waals surface area contributed by atoms with Gasteiger partial charge in [-0.05, 0) is 37.0 Å². The number of rotatable bonds is 2. The van der Waals surface area contributed by atoms with Gasteiger partial charge in [0.2, 0.25) is 5.91 Å². The predicted octanol–water partition coefficient (Wildman–Crippen LogP) is 4.28. The Morgan fingerprint density at radius 1 is 1.37 bits per heavy atom. The number of hydrogen-bond donors (Lipinski definition) is 0. The lowest BCUT2D eigenvalue weighted by atomic mass is 9.72. The van der Waals surface area contributed by atoms with Crippen LogP contribution in [0.25, 0.3) is 0 Å². The average Bonchev–Trinajstić information content (AvgIpc) is 2.41. The molecule has 0 aromatic heterocycles. The molecule has 1 amide bonds. The van der Waals surface area contributed by atoms with E-state index in [0.29, 0.717) is 10.0 Å². The molecule has 0 saturated carbocycles. The number of carbonyl (C=O) groups excluding carboxylic acids is 1. The predicted molar refractivity (Wildman–Crippen MR) is 79.9 cm³/mol. The van der Waals surface area contributed by atoms with Crippen molar-refractivity contribution in [3.05, 3.63) is 33.8 Å². The monoisotopic (exact) mass is 299 g/mol. The van der Waals surface area contributed by atoms with E-state index in [9.17, 15) is 4.79 Å². The van der Waals surface area contributed by atoms with E-state index >= 15 is 0 Å². The molecule has 2 nitrogen and oxygen atoms in total. The van der Waals surface area contributed by atoms with Crippen molar-refractivity contribution in [1.82, 2.24) is 4.90 Å². The third-order valence-electron chi connectivity index (χ3n) is 4.23. The normalized spacial score (nSPS) is 23.5. The Kier molecular flexibility index (Phi) is 4.42. The topological polar surface area (TPSA) is 20.3 Å². The van der Waals surface area contributed by atoms with Crippen LogP contribution in [0.5, 0.6) is 0 Å². The summed E-state index contributed by atoms with van der Waals surface area (Å²) < 4.78 is 0. The van der Waals surface area contributed by atoms with Gasteiger partial charge in [-0.15, -0.1) is 0 Å². The summed E-state index contributed by atoms with van der Waals surface area (Å²) >= 11 is 12.1. The number of amides is 1. The largest absolute Gasteiger partial charge is 0.342 e. The van der Waals surface area contributed by atoms with Crippen molar-refractivity contribution in [3.8, 4) is 0 Å². The third-order valence-corrected chi connectivity index (χ3v) is 4.97. The second kappa shape index (κ2) is 5.72. The zero-order chi connectivity index (χ0) is 14.0. The third kappa shape index (κ3) is 2.90. The van der Waals surface area contributed by atoms with Gasteiger partial charge >= 0.3 is 0 Å². The molecular weight excluding hydrogens is 281 g/mol. The Labute approximate surface area is 124 Å². The van der Waals surface area contributed by atoms with Gasteiger partial charge in [-0.2, -0.15) is 0 Å². The van der Waals surface area contributed by atoms with Crippen molar-refractivity contribution in [2.24, 2.45) is 0 Å². The highest BCUT2D eigenvalue weighted by molar-refractivity contribution is 6.42. The first kappa shape index (κ1) is 14.7. The van der Waals surface area contributed by atoms with Gasteiger partial charge in [-0.25, -0.2) is 0 Å². The van der Waals surface area contributed by atoms with Gasteiger partial charge in [0, 0.05) is 25.4 Å². The molecular formula is C15H19Cl2NO. The Morgan fingerprint density at radius 3 is 2.68 bits per heavy atom. The standard InChI is InChI=1S/C15H19Cl2NO/c1-3-15(7-4-8-18(10-15)11(2)19)12-5-6-13(16)14(17)9-12/h5-6,9H,3-4,7-8,10H2,1-2H3. The van der Waals surface area contributed by atoms with E-state index in [1.165, 1.54) is 5.56 Å². The molecule has 1 heterocycles. The maximum Gasteiger partial charge on any atom is 0.219 e. The van der Waals surface area contributed by atoms with E-state index in [1.807, 2.05) is 23.1 Å². The fourth-order valence-corrected chi connectivity index (χ4v) is 3.25. The average molecular weight is 300 g/mol. The SMILES string of the molecule is CCC1(c2ccc(Cl)c(Cl)c2)CCCN(C(C)=O)C1. The minimum Gasteiger partial charge on any atom is -0.342 e. The summed E-state index contributed by atoms with van der Waals surface area (Å²) in [5, 5.41) is 1.17. The van der Waals surface area contributed by atoms with E-state index in [0.717, 1.165) is 32.4 Å². The van der Waals surface area contributed by atoms with E-state index in [-0.39, 0.29) is 11.3 Å². The Morgan fingerprint density at radius 2 is 2.11 bits per heavy atom. The lowest BCUT2D eigenvalue weighted by molar-refractivity contribution is -0.131. The number of benzene rings is 1.